The summed E-state index contributed by atoms with van der Waals surface area (Å²) in [5, 5.41) is 14.9. The second-order valence-corrected chi connectivity index (χ2v) is 4.38. The molecule has 0 aliphatic carbocycles. The molecule has 0 fully saturated rings. The molecule has 2 N–H and O–H groups in total. The zero-order valence-electron chi connectivity index (χ0n) is 9.68. The SMILES string of the molecule is COc1ccc(NC(C)c2cscn2)cc1O. The quantitative estimate of drug-likeness (QED) is 0.875. The van der Waals surface area contributed by atoms with Gasteiger partial charge in [-0.3, -0.25) is 0 Å². The van der Waals surface area contributed by atoms with E-state index in [0.717, 1.165) is 11.4 Å². The summed E-state index contributed by atoms with van der Waals surface area (Å²) in [6, 6.07) is 5.34. The lowest BCUT2D eigenvalue weighted by Gasteiger charge is -2.14. The molecule has 0 aliphatic heterocycles. The van der Waals surface area contributed by atoms with E-state index in [0.29, 0.717) is 5.75 Å². The number of ether oxygens (including phenoxy) is 1. The fourth-order valence-corrected chi connectivity index (χ4v) is 2.19. The Kier molecular flexibility index (Phi) is 3.49. The summed E-state index contributed by atoms with van der Waals surface area (Å²) < 4.78 is 4.99. The van der Waals surface area contributed by atoms with Gasteiger partial charge in [-0.1, -0.05) is 0 Å². The minimum atomic E-state index is 0.106. The van der Waals surface area contributed by atoms with E-state index in [2.05, 4.69) is 10.3 Å². The monoisotopic (exact) mass is 250 g/mol. The van der Waals surface area contributed by atoms with Gasteiger partial charge in [-0.15, -0.1) is 11.3 Å². The first-order valence-electron chi connectivity index (χ1n) is 5.22. The maximum absolute atomic E-state index is 9.66. The van der Waals surface area contributed by atoms with Gasteiger partial charge in [0.1, 0.15) is 0 Å². The van der Waals surface area contributed by atoms with Gasteiger partial charge in [0.2, 0.25) is 0 Å². The summed E-state index contributed by atoms with van der Waals surface area (Å²) in [5.74, 6) is 0.597. The number of aromatic nitrogens is 1. The molecular formula is C12H14N2O2S. The molecule has 0 bridgehead atoms. The van der Waals surface area contributed by atoms with Gasteiger partial charge in [0.15, 0.2) is 11.5 Å². The molecule has 1 heterocycles. The van der Waals surface area contributed by atoms with Gasteiger partial charge in [-0.25, -0.2) is 4.98 Å². The van der Waals surface area contributed by atoms with Crippen molar-refractivity contribution >= 4 is 17.0 Å². The van der Waals surface area contributed by atoms with Crippen molar-refractivity contribution in [1.82, 2.24) is 4.98 Å². The van der Waals surface area contributed by atoms with Crippen molar-refractivity contribution in [3.8, 4) is 11.5 Å². The number of phenols is 1. The van der Waals surface area contributed by atoms with Crippen LogP contribution in [-0.2, 0) is 0 Å². The van der Waals surface area contributed by atoms with Gasteiger partial charge in [0, 0.05) is 17.1 Å². The van der Waals surface area contributed by atoms with Crippen LogP contribution in [0.1, 0.15) is 18.7 Å². The topological polar surface area (TPSA) is 54.4 Å². The Hall–Kier alpha value is -1.75. The standard InChI is InChI=1S/C12H14N2O2S/c1-8(10-6-17-7-13-10)14-9-3-4-12(16-2)11(15)5-9/h3-8,14-15H,1-2H3. The second-order valence-electron chi connectivity index (χ2n) is 3.67. The number of rotatable bonds is 4. The minimum absolute atomic E-state index is 0.106. The number of benzene rings is 1. The first kappa shape index (κ1) is 11.7. The molecule has 2 rings (SSSR count). The van der Waals surface area contributed by atoms with Gasteiger partial charge in [0.25, 0.3) is 0 Å². The molecule has 0 amide bonds. The van der Waals surface area contributed by atoms with Crippen LogP contribution < -0.4 is 10.1 Å². The smallest absolute Gasteiger partial charge is 0.160 e. The van der Waals surface area contributed by atoms with Crippen LogP contribution in [0.15, 0.2) is 29.1 Å². The summed E-state index contributed by atoms with van der Waals surface area (Å²) in [7, 11) is 1.53. The first-order chi connectivity index (χ1) is 8.20. The lowest BCUT2D eigenvalue weighted by atomic mass is 10.2. The third kappa shape index (κ3) is 2.68. The predicted octanol–water partition coefficient (Wildman–Crippen LogP) is 3.03. The molecule has 0 saturated carbocycles. The maximum Gasteiger partial charge on any atom is 0.160 e. The average Bonchev–Trinajstić information content (AvgIpc) is 2.82. The van der Waals surface area contributed by atoms with E-state index in [1.807, 2.05) is 18.4 Å². The number of hydrogen-bond acceptors (Lipinski definition) is 5. The molecule has 1 aromatic carbocycles. The number of methoxy groups -OCH3 is 1. The van der Waals surface area contributed by atoms with Crippen LogP contribution in [0.2, 0.25) is 0 Å². The van der Waals surface area contributed by atoms with E-state index in [1.54, 1.807) is 29.0 Å². The molecule has 90 valence electrons. The number of hydrogen-bond donors (Lipinski definition) is 2. The van der Waals surface area contributed by atoms with Crippen molar-refractivity contribution in [3.63, 3.8) is 0 Å². The fourth-order valence-electron chi connectivity index (χ4n) is 1.54. The van der Waals surface area contributed by atoms with Crippen molar-refractivity contribution in [2.45, 2.75) is 13.0 Å². The molecule has 4 nitrogen and oxygen atoms in total. The van der Waals surface area contributed by atoms with Gasteiger partial charge >= 0.3 is 0 Å². The van der Waals surface area contributed by atoms with Crippen LogP contribution in [0.4, 0.5) is 5.69 Å². The fraction of sp³-hybridized carbons (Fsp3) is 0.250. The van der Waals surface area contributed by atoms with Crippen LogP contribution in [-0.4, -0.2) is 17.2 Å². The molecule has 17 heavy (non-hydrogen) atoms. The summed E-state index contributed by atoms with van der Waals surface area (Å²) in [6.07, 6.45) is 0. The summed E-state index contributed by atoms with van der Waals surface area (Å²) in [6.45, 7) is 2.02. The molecule has 5 heteroatoms. The summed E-state index contributed by atoms with van der Waals surface area (Å²) in [4.78, 5) is 4.24. The molecule has 1 atom stereocenters. The molecule has 0 spiro atoms. The molecule has 1 aromatic heterocycles. The lowest BCUT2D eigenvalue weighted by Crippen LogP contribution is -2.06. The minimum Gasteiger partial charge on any atom is -0.504 e. The highest BCUT2D eigenvalue weighted by atomic mass is 32.1. The Morgan fingerprint density at radius 2 is 2.29 bits per heavy atom. The molecule has 1 unspecified atom stereocenters. The zero-order chi connectivity index (χ0) is 12.3. The van der Waals surface area contributed by atoms with Crippen molar-refractivity contribution in [2.75, 3.05) is 12.4 Å². The Bertz CT molecular complexity index is 485. The van der Waals surface area contributed by atoms with Crippen molar-refractivity contribution in [1.29, 1.82) is 0 Å². The number of thiazole rings is 1. The van der Waals surface area contributed by atoms with E-state index >= 15 is 0 Å². The molecule has 0 saturated heterocycles. The lowest BCUT2D eigenvalue weighted by molar-refractivity contribution is 0.373. The Labute approximate surface area is 104 Å². The highest BCUT2D eigenvalue weighted by Gasteiger charge is 2.08. The third-order valence-electron chi connectivity index (χ3n) is 2.46. The number of nitrogens with one attached hydrogen (secondary N) is 1. The van der Waals surface area contributed by atoms with Crippen LogP contribution in [0.25, 0.3) is 0 Å². The maximum atomic E-state index is 9.66. The number of nitrogens with zero attached hydrogens (tertiary/aromatic N) is 1. The molecule has 0 radical (unpaired) electrons. The van der Waals surface area contributed by atoms with Gasteiger partial charge in [0.05, 0.1) is 24.4 Å². The average molecular weight is 250 g/mol. The number of anilines is 1. The highest BCUT2D eigenvalue weighted by Crippen LogP contribution is 2.30. The normalized spacial score (nSPS) is 12.1. The molecule has 2 aromatic rings. The van der Waals surface area contributed by atoms with E-state index in [9.17, 15) is 5.11 Å². The summed E-state index contributed by atoms with van der Waals surface area (Å²) >= 11 is 1.57. The van der Waals surface area contributed by atoms with E-state index in [1.165, 1.54) is 7.11 Å². The van der Waals surface area contributed by atoms with Crippen molar-refractivity contribution in [3.05, 3.63) is 34.8 Å². The van der Waals surface area contributed by atoms with Crippen LogP contribution >= 0.6 is 11.3 Å². The van der Waals surface area contributed by atoms with E-state index in [-0.39, 0.29) is 11.8 Å². The highest BCUT2D eigenvalue weighted by molar-refractivity contribution is 7.07. The third-order valence-corrected chi connectivity index (χ3v) is 3.06. The van der Waals surface area contributed by atoms with Gasteiger partial charge in [-0.2, -0.15) is 0 Å². The first-order valence-corrected chi connectivity index (χ1v) is 6.16. The van der Waals surface area contributed by atoms with Crippen LogP contribution in [0.5, 0.6) is 11.5 Å². The largest absolute Gasteiger partial charge is 0.504 e. The Balaban J connectivity index is 2.11. The number of phenolic OH excluding ortho intramolecular Hbond substituents is 1. The van der Waals surface area contributed by atoms with Gasteiger partial charge in [-0.05, 0) is 19.1 Å². The van der Waals surface area contributed by atoms with Gasteiger partial charge < -0.3 is 15.2 Å². The van der Waals surface area contributed by atoms with E-state index in [4.69, 9.17) is 4.74 Å². The van der Waals surface area contributed by atoms with Crippen LogP contribution in [0, 0.1) is 0 Å². The van der Waals surface area contributed by atoms with Crippen LogP contribution in [0.3, 0.4) is 0 Å². The second kappa shape index (κ2) is 5.05. The van der Waals surface area contributed by atoms with E-state index < -0.39 is 0 Å². The number of aromatic hydroxyl groups is 1. The zero-order valence-corrected chi connectivity index (χ0v) is 10.5. The Morgan fingerprint density at radius 3 is 2.88 bits per heavy atom. The summed E-state index contributed by atoms with van der Waals surface area (Å²) in [5.41, 5.74) is 3.63. The van der Waals surface area contributed by atoms with Crippen molar-refractivity contribution in [2.24, 2.45) is 0 Å². The predicted molar refractivity (Wildman–Crippen MR) is 68.8 cm³/mol. The molecular weight excluding hydrogens is 236 g/mol. The Morgan fingerprint density at radius 1 is 1.47 bits per heavy atom. The molecule has 0 aliphatic rings. The van der Waals surface area contributed by atoms with Crippen molar-refractivity contribution < 1.29 is 9.84 Å².